The van der Waals surface area contributed by atoms with E-state index >= 15 is 0 Å². The minimum absolute atomic E-state index is 0.198. The Balaban J connectivity index is 1.40. The summed E-state index contributed by atoms with van der Waals surface area (Å²) in [5, 5.41) is 8.07. The van der Waals surface area contributed by atoms with Crippen LogP contribution in [0.15, 0.2) is 65.8 Å². The van der Waals surface area contributed by atoms with Crippen LogP contribution >= 0.6 is 11.6 Å². The van der Waals surface area contributed by atoms with Gasteiger partial charge >= 0.3 is 5.97 Å². The van der Waals surface area contributed by atoms with Gasteiger partial charge in [-0.1, -0.05) is 23.7 Å². The highest BCUT2D eigenvalue weighted by Crippen LogP contribution is 2.11. The van der Waals surface area contributed by atoms with Gasteiger partial charge in [-0.3, -0.25) is 14.2 Å². The van der Waals surface area contributed by atoms with E-state index in [1.807, 2.05) is 12.1 Å². The lowest BCUT2D eigenvalue weighted by Gasteiger charge is -2.08. The maximum Gasteiger partial charge on any atom is 0.337 e. The van der Waals surface area contributed by atoms with Crippen molar-refractivity contribution in [3.63, 3.8) is 0 Å². The quantitative estimate of drug-likeness (QED) is 0.420. The summed E-state index contributed by atoms with van der Waals surface area (Å²) in [5.74, 6) is -0.756. The Morgan fingerprint density at radius 1 is 1.06 bits per heavy atom. The summed E-state index contributed by atoms with van der Waals surface area (Å²) in [6.45, 7) is 0.988. The van der Waals surface area contributed by atoms with Crippen molar-refractivity contribution in [2.24, 2.45) is 0 Å². The first-order valence-electron chi connectivity index (χ1n) is 10.1. The number of aromatic nitrogens is 4. The maximum atomic E-state index is 12.8. The summed E-state index contributed by atoms with van der Waals surface area (Å²) in [5.41, 5.74) is 1.96. The van der Waals surface area contributed by atoms with Crippen LogP contribution in [-0.4, -0.2) is 44.9 Å². The molecular formula is C23H20ClN5O4. The Bertz CT molecular complexity index is 1360. The average Bonchev–Trinajstić information content (AvgIpc) is 3.25. The predicted octanol–water partition coefficient (Wildman–Crippen LogP) is 2.51. The monoisotopic (exact) mass is 465 g/mol. The molecule has 0 saturated heterocycles. The number of methoxy groups -OCH3 is 1. The third-order valence-electron chi connectivity index (χ3n) is 5.07. The molecule has 168 valence electrons. The summed E-state index contributed by atoms with van der Waals surface area (Å²) in [6, 6.07) is 13.4. The van der Waals surface area contributed by atoms with E-state index in [0.717, 1.165) is 5.56 Å². The van der Waals surface area contributed by atoms with Crippen molar-refractivity contribution in [3.8, 4) is 0 Å². The predicted molar refractivity (Wildman–Crippen MR) is 122 cm³/mol. The van der Waals surface area contributed by atoms with Gasteiger partial charge in [-0.05, 0) is 42.0 Å². The summed E-state index contributed by atoms with van der Waals surface area (Å²) in [7, 11) is 1.30. The first kappa shape index (κ1) is 22.2. The Kier molecular flexibility index (Phi) is 6.50. The van der Waals surface area contributed by atoms with Crippen molar-refractivity contribution in [3.05, 3.63) is 93.1 Å². The number of fused-ring (bicyclic) bond motifs is 1. The molecule has 0 aliphatic carbocycles. The number of halogens is 1. The fourth-order valence-electron chi connectivity index (χ4n) is 3.31. The molecule has 0 spiro atoms. The molecule has 9 nitrogen and oxygen atoms in total. The number of nitrogens with zero attached hydrogens (tertiary/aromatic N) is 4. The zero-order valence-electron chi connectivity index (χ0n) is 17.7. The molecule has 10 heteroatoms. The standard InChI is InChI=1S/C23H20ClN5O4/c1-33-23(32)17-6-4-16(5-7-17)21(30)25-10-11-29-20-19(12-27-29)22(31)28(14-26-20)13-15-2-8-18(24)9-3-15/h2-9,12,14H,10-11,13H2,1H3,(H,25,30). The minimum Gasteiger partial charge on any atom is -0.465 e. The molecule has 0 saturated carbocycles. The smallest absolute Gasteiger partial charge is 0.337 e. The number of nitrogens with one attached hydrogen (secondary N) is 1. The van der Waals surface area contributed by atoms with Gasteiger partial charge in [-0.25, -0.2) is 14.5 Å². The zero-order chi connectivity index (χ0) is 23.4. The number of hydrogen-bond acceptors (Lipinski definition) is 6. The van der Waals surface area contributed by atoms with Crippen LogP contribution in [0, 0.1) is 0 Å². The number of rotatable bonds is 7. The molecule has 0 fully saturated rings. The number of ether oxygens (including phenoxy) is 1. The molecule has 0 aliphatic heterocycles. The fraction of sp³-hybridized carbons (Fsp3) is 0.174. The maximum absolute atomic E-state index is 12.8. The number of carbonyl (C=O) groups is 2. The lowest BCUT2D eigenvalue weighted by atomic mass is 10.1. The topological polar surface area (TPSA) is 108 Å². The van der Waals surface area contributed by atoms with Crippen LogP contribution in [0.25, 0.3) is 11.0 Å². The van der Waals surface area contributed by atoms with Gasteiger partial charge in [0.2, 0.25) is 0 Å². The van der Waals surface area contributed by atoms with Gasteiger partial charge < -0.3 is 10.1 Å². The van der Waals surface area contributed by atoms with E-state index in [1.165, 1.54) is 36.3 Å². The Hall–Kier alpha value is -3.98. The van der Waals surface area contributed by atoms with Gasteiger partial charge in [0.15, 0.2) is 5.65 Å². The highest BCUT2D eigenvalue weighted by Gasteiger charge is 2.12. The molecule has 0 aliphatic rings. The van der Waals surface area contributed by atoms with E-state index in [4.69, 9.17) is 11.6 Å². The number of benzene rings is 2. The summed E-state index contributed by atoms with van der Waals surface area (Å²) in [6.07, 6.45) is 2.97. The van der Waals surface area contributed by atoms with Gasteiger partial charge in [-0.15, -0.1) is 0 Å². The normalized spacial score (nSPS) is 10.8. The second kappa shape index (κ2) is 9.66. The van der Waals surface area contributed by atoms with Crippen molar-refractivity contribution in [1.29, 1.82) is 0 Å². The summed E-state index contributed by atoms with van der Waals surface area (Å²) < 4.78 is 7.73. The lowest BCUT2D eigenvalue weighted by Crippen LogP contribution is -2.28. The van der Waals surface area contributed by atoms with Crippen LogP contribution in [0.5, 0.6) is 0 Å². The van der Waals surface area contributed by atoms with Crippen LogP contribution in [0.2, 0.25) is 5.02 Å². The molecule has 0 bridgehead atoms. The van der Waals surface area contributed by atoms with Gasteiger partial charge in [0, 0.05) is 17.1 Å². The van der Waals surface area contributed by atoms with E-state index in [1.54, 1.807) is 28.9 Å². The van der Waals surface area contributed by atoms with Crippen LogP contribution in [-0.2, 0) is 17.8 Å². The molecule has 4 rings (SSSR count). The van der Waals surface area contributed by atoms with Gasteiger partial charge in [0.05, 0.1) is 32.0 Å². The van der Waals surface area contributed by atoms with E-state index < -0.39 is 5.97 Å². The van der Waals surface area contributed by atoms with Gasteiger partial charge in [0.25, 0.3) is 11.5 Å². The first-order chi connectivity index (χ1) is 16.0. The number of carbonyl (C=O) groups excluding carboxylic acids is 2. The van der Waals surface area contributed by atoms with Crippen LogP contribution in [0.4, 0.5) is 0 Å². The molecule has 2 heterocycles. The highest BCUT2D eigenvalue weighted by molar-refractivity contribution is 6.30. The van der Waals surface area contributed by atoms with Gasteiger partial charge in [0.1, 0.15) is 11.7 Å². The Labute approximate surface area is 193 Å². The third kappa shape index (κ3) is 4.93. The minimum atomic E-state index is -0.466. The number of amides is 1. The molecule has 2 aromatic heterocycles. The van der Waals surface area contributed by atoms with Crippen molar-refractivity contribution >= 4 is 34.5 Å². The van der Waals surface area contributed by atoms with E-state index in [9.17, 15) is 14.4 Å². The largest absolute Gasteiger partial charge is 0.465 e. The fourth-order valence-corrected chi connectivity index (χ4v) is 3.44. The number of esters is 1. The van der Waals surface area contributed by atoms with E-state index in [2.05, 4.69) is 20.1 Å². The number of hydrogen-bond donors (Lipinski definition) is 1. The Morgan fingerprint density at radius 2 is 1.76 bits per heavy atom. The molecule has 0 radical (unpaired) electrons. The highest BCUT2D eigenvalue weighted by atomic mass is 35.5. The molecule has 33 heavy (non-hydrogen) atoms. The second-order valence-corrected chi connectivity index (χ2v) is 7.67. The Morgan fingerprint density at radius 3 is 2.45 bits per heavy atom. The SMILES string of the molecule is COC(=O)c1ccc(C(=O)NCCn2ncc3c(=O)n(Cc4ccc(Cl)cc4)cnc32)cc1. The first-order valence-corrected chi connectivity index (χ1v) is 10.5. The van der Waals surface area contributed by atoms with E-state index in [-0.39, 0.29) is 18.0 Å². The summed E-state index contributed by atoms with van der Waals surface area (Å²) >= 11 is 5.91. The molecule has 0 unspecified atom stereocenters. The lowest BCUT2D eigenvalue weighted by molar-refractivity contribution is 0.0600. The molecule has 1 N–H and O–H groups in total. The van der Waals surface area contributed by atoms with Crippen molar-refractivity contribution < 1.29 is 14.3 Å². The molecular weight excluding hydrogens is 446 g/mol. The summed E-state index contributed by atoms with van der Waals surface area (Å²) in [4.78, 5) is 41.0. The molecule has 4 aromatic rings. The molecule has 0 atom stereocenters. The third-order valence-corrected chi connectivity index (χ3v) is 5.32. The van der Waals surface area contributed by atoms with Gasteiger partial charge in [-0.2, -0.15) is 5.10 Å². The molecule has 1 amide bonds. The van der Waals surface area contributed by atoms with E-state index in [0.29, 0.717) is 40.3 Å². The van der Waals surface area contributed by atoms with Crippen molar-refractivity contribution in [1.82, 2.24) is 24.6 Å². The van der Waals surface area contributed by atoms with Crippen LogP contribution in [0.1, 0.15) is 26.3 Å². The zero-order valence-corrected chi connectivity index (χ0v) is 18.5. The van der Waals surface area contributed by atoms with Crippen molar-refractivity contribution in [2.75, 3.05) is 13.7 Å². The average molecular weight is 466 g/mol. The molecule has 2 aromatic carbocycles. The van der Waals surface area contributed by atoms with Crippen molar-refractivity contribution in [2.45, 2.75) is 13.1 Å². The van der Waals surface area contributed by atoms with Crippen LogP contribution < -0.4 is 10.9 Å². The van der Waals surface area contributed by atoms with Crippen LogP contribution in [0.3, 0.4) is 0 Å². The second-order valence-electron chi connectivity index (χ2n) is 7.23.